The summed E-state index contributed by atoms with van der Waals surface area (Å²) in [4.78, 5) is 22.9. The summed E-state index contributed by atoms with van der Waals surface area (Å²) in [6.45, 7) is 6.83. The maximum atomic E-state index is 12.7. The molecule has 7 nitrogen and oxygen atoms in total. The van der Waals surface area contributed by atoms with E-state index in [-0.39, 0.29) is 12.0 Å². The highest BCUT2D eigenvalue weighted by Crippen LogP contribution is 2.23. The van der Waals surface area contributed by atoms with E-state index >= 15 is 0 Å². The van der Waals surface area contributed by atoms with Gasteiger partial charge in [-0.3, -0.25) is 4.79 Å². The molecule has 0 aliphatic carbocycles. The quantitative estimate of drug-likeness (QED) is 0.838. The normalized spacial score (nSPS) is 18.5. The zero-order valence-corrected chi connectivity index (χ0v) is 12.9. The lowest BCUT2D eigenvalue weighted by molar-refractivity contribution is -0.0249. The van der Waals surface area contributed by atoms with Gasteiger partial charge in [0.05, 0.1) is 24.5 Å². The molecule has 0 N–H and O–H groups in total. The van der Waals surface area contributed by atoms with Crippen molar-refractivity contribution >= 4 is 5.91 Å². The molecule has 0 bridgehead atoms. The average Bonchev–Trinajstić information content (AvgIpc) is 2.86. The van der Waals surface area contributed by atoms with Gasteiger partial charge in [0.2, 0.25) is 0 Å². The number of amides is 1. The minimum Gasteiger partial charge on any atom is -0.368 e. The first-order valence-electron chi connectivity index (χ1n) is 7.19. The molecule has 2 aromatic heterocycles. The van der Waals surface area contributed by atoms with Crippen molar-refractivity contribution in [2.24, 2.45) is 0 Å². The van der Waals surface area contributed by atoms with E-state index in [4.69, 9.17) is 9.26 Å². The topological polar surface area (TPSA) is 81.4 Å². The molecule has 1 aliphatic rings. The van der Waals surface area contributed by atoms with Crippen LogP contribution in [0.3, 0.4) is 0 Å². The van der Waals surface area contributed by atoms with Gasteiger partial charge in [-0.25, -0.2) is 9.97 Å². The third-order valence-electron chi connectivity index (χ3n) is 3.73. The fourth-order valence-corrected chi connectivity index (χ4v) is 2.61. The number of carbonyl (C=O) groups is 1. The first-order valence-corrected chi connectivity index (χ1v) is 7.19. The van der Waals surface area contributed by atoms with Crippen LogP contribution in [0.25, 0.3) is 0 Å². The van der Waals surface area contributed by atoms with Crippen molar-refractivity contribution in [2.45, 2.75) is 26.9 Å². The molecule has 0 radical (unpaired) electrons. The zero-order chi connectivity index (χ0) is 15.7. The molecule has 1 saturated heterocycles. The molecule has 116 valence electrons. The third-order valence-corrected chi connectivity index (χ3v) is 3.73. The van der Waals surface area contributed by atoms with Gasteiger partial charge in [0, 0.05) is 12.7 Å². The van der Waals surface area contributed by atoms with Crippen molar-refractivity contribution in [3.05, 3.63) is 40.8 Å². The van der Waals surface area contributed by atoms with Crippen LogP contribution in [0, 0.1) is 20.8 Å². The minimum atomic E-state index is -0.236. The van der Waals surface area contributed by atoms with Gasteiger partial charge in [-0.2, -0.15) is 0 Å². The molecule has 1 atom stereocenters. The Hall–Kier alpha value is -2.28. The minimum absolute atomic E-state index is 0.0738. The molecular formula is C15H18N4O3. The largest absolute Gasteiger partial charge is 0.368 e. The van der Waals surface area contributed by atoms with Crippen LogP contribution in [0.4, 0.5) is 0 Å². The Morgan fingerprint density at radius 3 is 2.86 bits per heavy atom. The van der Waals surface area contributed by atoms with Crippen LogP contribution >= 0.6 is 0 Å². The van der Waals surface area contributed by atoms with Crippen LogP contribution in [-0.2, 0) is 4.74 Å². The average molecular weight is 302 g/mol. The summed E-state index contributed by atoms with van der Waals surface area (Å²) < 4.78 is 10.8. The van der Waals surface area contributed by atoms with Crippen LogP contribution < -0.4 is 0 Å². The van der Waals surface area contributed by atoms with E-state index in [0.717, 1.165) is 5.69 Å². The molecule has 22 heavy (non-hydrogen) atoms. The third kappa shape index (κ3) is 2.71. The van der Waals surface area contributed by atoms with E-state index < -0.39 is 0 Å². The zero-order valence-electron chi connectivity index (χ0n) is 12.9. The molecule has 3 heterocycles. The Bertz CT molecular complexity index is 678. The highest BCUT2D eigenvalue weighted by atomic mass is 16.5. The van der Waals surface area contributed by atoms with Gasteiger partial charge in [0.1, 0.15) is 23.3 Å². The van der Waals surface area contributed by atoms with Gasteiger partial charge in [0.15, 0.2) is 0 Å². The second kappa shape index (κ2) is 5.84. The summed E-state index contributed by atoms with van der Waals surface area (Å²) in [6, 6.07) is 1.82. The van der Waals surface area contributed by atoms with Crippen LogP contribution in [0.15, 0.2) is 16.8 Å². The molecule has 0 saturated carbocycles. The van der Waals surface area contributed by atoms with Gasteiger partial charge in [-0.1, -0.05) is 5.16 Å². The van der Waals surface area contributed by atoms with E-state index in [1.54, 1.807) is 24.9 Å². The number of carbonyl (C=O) groups excluding carboxylic acids is 1. The van der Waals surface area contributed by atoms with Crippen LogP contribution in [-0.4, -0.2) is 45.6 Å². The van der Waals surface area contributed by atoms with Gasteiger partial charge < -0.3 is 14.2 Å². The second-order valence-corrected chi connectivity index (χ2v) is 5.34. The van der Waals surface area contributed by atoms with E-state index in [1.807, 2.05) is 13.0 Å². The number of morpholine rings is 1. The van der Waals surface area contributed by atoms with Crippen LogP contribution in [0.2, 0.25) is 0 Å². The molecule has 0 unspecified atom stereocenters. The SMILES string of the molecule is Cc1nccc([C@H]2CN(C(=O)c3c(C)noc3C)CCO2)n1. The maximum absolute atomic E-state index is 12.7. The van der Waals surface area contributed by atoms with Crippen molar-refractivity contribution in [2.75, 3.05) is 19.7 Å². The molecular weight excluding hydrogens is 284 g/mol. The summed E-state index contributed by atoms with van der Waals surface area (Å²) in [7, 11) is 0. The van der Waals surface area contributed by atoms with E-state index in [9.17, 15) is 4.79 Å². The first kappa shape index (κ1) is 14.6. The highest BCUT2D eigenvalue weighted by molar-refractivity contribution is 5.96. The summed E-state index contributed by atoms with van der Waals surface area (Å²) in [6.07, 6.45) is 1.47. The molecule has 0 spiro atoms. The smallest absolute Gasteiger partial charge is 0.259 e. The molecule has 1 aliphatic heterocycles. The molecule has 7 heteroatoms. The van der Waals surface area contributed by atoms with E-state index in [2.05, 4.69) is 15.1 Å². The lowest BCUT2D eigenvalue weighted by Gasteiger charge is -2.32. The first-order chi connectivity index (χ1) is 10.6. The Kier molecular flexibility index (Phi) is 3.89. The van der Waals surface area contributed by atoms with Gasteiger partial charge in [-0.05, 0) is 26.8 Å². The standard InChI is InChI=1S/C15H18N4O3/c1-9-14(10(2)22-18-9)15(20)19-6-7-21-13(8-19)12-4-5-16-11(3)17-12/h4-5,13H,6-8H2,1-3H3/t13-/m1/s1. The van der Waals surface area contributed by atoms with Crippen molar-refractivity contribution in [3.8, 4) is 0 Å². The molecule has 1 amide bonds. The van der Waals surface area contributed by atoms with Crippen molar-refractivity contribution < 1.29 is 14.1 Å². The van der Waals surface area contributed by atoms with Gasteiger partial charge in [-0.15, -0.1) is 0 Å². The number of hydrogen-bond acceptors (Lipinski definition) is 6. The monoisotopic (exact) mass is 302 g/mol. The predicted octanol–water partition coefficient (Wildman–Crippen LogP) is 1.60. The van der Waals surface area contributed by atoms with Gasteiger partial charge >= 0.3 is 0 Å². The van der Waals surface area contributed by atoms with E-state index in [0.29, 0.717) is 42.5 Å². The molecule has 2 aromatic rings. The number of hydrogen-bond donors (Lipinski definition) is 0. The molecule has 3 rings (SSSR count). The maximum Gasteiger partial charge on any atom is 0.259 e. The van der Waals surface area contributed by atoms with Crippen LogP contribution in [0.1, 0.15) is 39.4 Å². The number of ether oxygens (including phenoxy) is 1. The number of aromatic nitrogens is 3. The van der Waals surface area contributed by atoms with Crippen molar-refractivity contribution in [3.63, 3.8) is 0 Å². The fraction of sp³-hybridized carbons (Fsp3) is 0.467. The highest BCUT2D eigenvalue weighted by Gasteiger charge is 2.30. The van der Waals surface area contributed by atoms with E-state index in [1.165, 1.54) is 0 Å². The lowest BCUT2D eigenvalue weighted by atomic mass is 10.1. The van der Waals surface area contributed by atoms with Crippen molar-refractivity contribution in [1.29, 1.82) is 0 Å². The predicted molar refractivity (Wildman–Crippen MR) is 77.3 cm³/mol. The molecule has 1 fully saturated rings. The van der Waals surface area contributed by atoms with Crippen molar-refractivity contribution in [1.82, 2.24) is 20.0 Å². The second-order valence-electron chi connectivity index (χ2n) is 5.34. The fourth-order valence-electron chi connectivity index (χ4n) is 2.61. The summed E-state index contributed by atoms with van der Waals surface area (Å²) in [5.74, 6) is 1.16. The Balaban J connectivity index is 1.80. The van der Waals surface area contributed by atoms with Gasteiger partial charge in [0.25, 0.3) is 5.91 Å². The number of aryl methyl sites for hydroxylation is 3. The van der Waals surface area contributed by atoms with Crippen LogP contribution in [0.5, 0.6) is 0 Å². The summed E-state index contributed by atoms with van der Waals surface area (Å²) in [5.41, 5.74) is 1.95. The number of rotatable bonds is 2. The lowest BCUT2D eigenvalue weighted by Crippen LogP contribution is -2.42. The summed E-state index contributed by atoms with van der Waals surface area (Å²) in [5, 5.41) is 3.85. The Morgan fingerprint density at radius 1 is 1.36 bits per heavy atom. The Labute approximate surface area is 128 Å². The number of nitrogens with zero attached hydrogens (tertiary/aromatic N) is 4. The Morgan fingerprint density at radius 2 is 2.18 bits per heavy atom. The molecule has 0 aromatic carbocycles. The summed E-state index contributed by atoms with van der Waals surface area (Å²) >= 11 is 0.